The van der Waals surface area contributed by atoms with Gasteiger partial charge in [0, 0.05) is 12.2 Å². The van der Waals surface area contributed by atoms with Crippen LogP contribution in [0.25, 0.3) is 0 Å². The van der Waals surface area contributed by atoms with Gasteiger partial charge in [0.1, 0.15) is 18.5 Å². The first-order chi connectivity index (χ1) is 6.83. The Kier molecular flexibility index (Phi) is 4.54. The second-order valence-electron chi connectivity index (χ2n) is 3.04. The van der Waals surface area contributed by atoms with Gasteiger partial charge in [-0.25, -0.2) is 9.13 Å². The molecule has 0 amide bonds. The highest BCUT2D eigenvalue weighted by atomic mass is 32.2. The molecule has 1 aromatic rings. The molecular formula is C10H16N3S+. The molecule has 0 unspecified atom stereocenters. The smallest absolute Gasteiger partial charge is 0.233 e. The molecule has 14 heavy (non-hydrogen) atoms. The summed E-state index contributed by atoms with van der Waals surface area (Å²) in [6, 6.07) is 2.17. The third kappa shape index (κ3) is 2.52. The summed E-state index contributed by atoms with van der Waals surface area (Å²) in [6.07, 6.45) is 7.14. The Morgan fingerprint density at radius 2 is 2.43 bits per heavy atom. The van der Waals surface area contributed by atoms with Crippen molar-refractivity contribution in [3.8, 4) is 6.07 Å². The Bertz CT molecular complexity index is 325. The minimum absolute atomic E-state index is 0.454. The minimum atomic E-state index is 0.454. The first kappa shape index (κ1) is 11.1. The number of hydrogen-bond acceptors (Lipinski definition) is 2. The van der Waals surface area contributed by atoms with Gasteiger partial charge in [0.15, 0.2) is 6.54 Å². The molecule has 0 aliphatic carbocycles. The maximum atomic E-state index is 8.64. The van der Waals surface area contributed by atoms with Crippen LogP contribution in [0.2, 0.25) is 0 Å². The minimum Gasteiger partial charge on any atom is -0.233 e. The van der Waals surface area contributed by atoms with Gasteiger partial charge in [0.05, 0.1) is 6.54 Å². The fourth-order valence-electron chi connectivity index (χ4n) is 1.52. The van der Waals surface area contributed by atoms with Crippen molar-refractivity contribution in [3.05, 3.63) is 18.2 Å². The number of aromatic nitrogens is 2. The largest absolute Gasteiger partial charge is 0.257 e. The molecule has 0 aliphatic heterocycles. The van der Waals surface area contributed by atoms with Crippen LogP contribution < -0.4 is 4.57 Å². The lowest BCUT2D eigenvalue weighted by molar-refractivity contribution is -0.699. The van der Waals surface area contributed by atoms with Crippen LogP contribution in [-0.4, -0.2) is 16.6 Å². The molecule has 0 saturated carbocycles. The number of aryl methyl sites for hydroxylation is 1. The van der Waals surface area contributed by atoms with Crippen LogP contribution in [0.1, 0.15) is 12.7 Å². The third-order valence-electron chi connectivity index (χ3n) is 2.18. The molecule has 1 heterocycles. The van der Waals surface area contributed by atoms with E-state index in [0.29, 0.717) is 6.54 Å². The van der Waals surface area contributed by atoms with Gasteiger partial charge in [-0.3, -0.25) is 0 Å². The van der Waals surface area contributed by atoms with Crippen LogP contribution in [0.15, 0.2) is 12.4 Å². The number of hydrogen-bond donors (Lipinski definition) is 0. The lowest BCUT2D eigenvalue weighted by Crippen LogP contribution is -2.38. The molecule has 0 radical (unpaired) electrons. The highest BCUT2D eigenvalue weighted by molar-refractivity contribution is 7.98. The van der Waals surface area contributed by atoms with Crippen LogP contribution in [0.3, 0.4) is 0 Å². The van der Waals surface area contributed by atoms with Crippen molar-refractivity contribution in [3.63, 3.8) is 0 Å². The molecule has 0 saturated heterocycles. The maximum absolute atomic E-state index is 8.64. The molecule has 0 N–H and O–H groups in total. The molecule has 1 rings (SSSR count). The number of nitrogens with zero attached hydrogens (tertiary/aromatic N) is 3. The van der Waals surface area contributed by atoms with E-state index < -0.39 is 0 Å². The van der Waals surface area contributed by atoms with E-state index in [-0.39, 0.29) is 0 Å². The Hall–Kier alpha value is -0.950. The van der Waals surface area contributed by atoms with Crippen molar-refractivity contribution in [2.45, 2.75) is 26.4 Å². The molecule has 1 aromatic heterocycles. The zero-order chi connectivity index (χ0) is 10.4. The molecule has 0 bridgehead atoms. The van der Waals surface area contributed by atoms with Gasteiger partial charge in [0.25, 0.3) is 5.82 Å². The van der Waals surface area contributed by atoms with Crippen LogP contribution >= 0.6 is 11.8 Å². The summed E-state index contributed by atoms with van der Waals surface area (Å²) < 4.78 is 4.24. The zero-order valence-electron chi connectivity index (χ0n) is 8.73. The van der Waals surface area contributed by atoms with Crippen LogP contribution in [0, 0.1) is 11.3 Å². The van der Waals surface area contributed by atoms with Gasteiger partial charge < -0.3 is 0 Å². The first-order valence-electron chi connectivity index (χ1n) is 4.76. The summed E-state index contributed by atoms with van der Waals surface area (Å²) in [5.74, 6) is 2.36. The summed E-state index contributed by atoms with van der Waals surface area (Å²) in [4.78, 5) is 0. The monoisotopic (exact) mass is 210 g/mol. The second kappa shape index (κ2) is 5.71. The summed E-state index contributed by atoms with van der Waals surface area (Å²) in [5, 5.41) is 8.64. The fourth-order valence-corrected chi connectivity index (χ4v) is 1.90. The number of thioether (sulfide) groups is 1. The van der Waals surface area contributed by atoms with E-state index in [1.165, 1.54) is 5.82 Å². The zero-order valence-corrected chi connectivity index (χ0v) is 9.55. The van der Waals surface area contributed by atoms with Gasteiger partial charge in [-0.05, 0) is 6.26 Å². The lowest BCUT2D eigenvalue weighted by Gasteiger charge is -1.99. The van der Waals surface area contributed by atoms with Crippen LogP contribution in [0.5, 0.6) is 0 Å². The predicted molar refractivity (Wildman–Crippen MR) is 58.0 cm³/mol. The molecule has 0 fully saturated rings. The van der Waals surface area contributed by atoms with Crippen molar-refractivity contribution in [1.82, 2.24) is 4.57 Å². The number of imidazole rings is 1. The molecule has 0 atom stereocenters. The summed E-state index contributed by atoms with van der Waals surface area (Å²) in [7, 11) is 0. The van der Waals surface area contributed by atoms with E-state index in [4.69, 9.17) is 5.26 Å². The third-order valence-corrected chi connectivity index (χ3v) is 2.77. The van der Waals surface area contributed by atoms with Crippen molar-refractivity contribution in [1.29, 1.82) is 5.26 Å². The van der Waals surface area contributed by atoms with Crippen LogP contribution in [-0.2, 0) is 19.5 Å². The van der Waals surface area contributed by atoms with Gasteiger partial charge in [-0.2, -0.15) is 17.0 Å². The van der Waals surface area contributed by atoms with E-state index in [2.05, 4.69) is 30.0 Å². The van der Waals surface area contributed by atoms with Crippen LogP contribution in [0.4, 0.5) is 0 Å². The Morgan fingerprint density at radius 1 is 1.64 bits per heavy atom. The quantitative estimate of drug-likeness (QED) is 0.685. The summed E-state index contributed by atoms with van der Waals surface area (Å²) in [6.45, 7) is 3.61. The van der Waals surface area contributed by atoms with E-state index in [0.717, 1.165) is 18.7 Å². The van der Waals surface area contributed by atoms with E-state index in [9.17, 15) is 0 Å². The average Bonchev–Trinajstić information content (AvgIpc) is 2.58. The molecule has 4 heteroatoms. The van der Waals surface area contributed by atoms with Crippen molar-refractivity contribution >= 4 is 11.8 Å². The standard InChI is InChI=1S/C10H16N3S/c1-3-10-12(5-4-11)6-7-13(10)8-9-14-2/h6-7H,3,5,8-9H2,1-2H3/q+1. The van der Waals surface area contributed by atoms with E-state index in [1.54, 1.807) is 0 Å². The highest BCUT2D eigenvalue weighted by Gasteiger charge is 2.13. The topological polar surface area (TPSA) is 32.6 Å². The highest BCUT2D eigenvalue weighted by Crippen LogP contribution is 1.98. The Balaban J connectivity index is 2.79. The SMILES string of the molecule is CCc1n(CC#N)cc[n+]1CCSC. The lowest BCUT2D eigenvalue weighted by atomic mass is 10.4. The normalized spacial score (nSPS) is 10.1. The molecule has 76 valence electrons. The molecular weight excluding hydrogens is 194 g/mol. The maximum Gasteiger partial charge on any atom is 0.257 e. The number of rotatable bonds is 5. The van der Waals surface area contributed by atoms with E-state index in [1.807, 2.05) is 22.5 Å². The van der Waals surface area contributed by atoms with Gasteiger partial charge in [0.2, 0.25) is 0 Å². The van der Waals surface area contributed by atoms with Gasteiger partial charge in [-0.1, -0.05) is 6.92 Å². The van der Waals surface area contributed by atoms with Crippen molar-refractivity contribution < 1.29 is 4.57 Å². The summed E-state index contributed by atoms with van der Waals surface area (Å²) in [5.41, 5.74) is 0. The van der Waals surface area contributed by atoms with Crippen molar-refractivity contribution in [2.75, 3.05) is 12.0 Å². The molecule has 3 nitrogen and oxygen atoms in total. The molecule has 0 aromatic carbocycles. The average molecular weight is 210 g/mol. The fraction of sp³-hybridized carbons (Fsp3) is 0.600. The number of nitriles is 1. The Labute approximate surface area is 89.4 Å². The first-order valence-corrected chi connectivity index (χ1v) is 6.16. The second-order valence-corrected chi connectivity index (χ2v) is 4.03. The molecule has 0 aliphatic rings. The Morgan fingerprint density at radius 3 is 3.00 bits per heavy atom. The van der Waals surface area contributed by atoms with E-state index >= 15 is 0 Å². The van der Waals surface area contributed by atoms with Gasteiger partial charge in [-0.15, -0.1) is 0 Å². The molecule has 0 spiro atoms. The summed E-state index contributed by atoms with van der Waals surface area (Å²) >= 11 is 1.84. The predicted octanol–water partition coefficient (Wildman–Crippen LogP) is 1.22. The van der Waals surface area contributed by atoms with Crippen molar-refractivity contribution in [2.24, 2.45) is 0 Å². The van der Waals surface area contributed by atoms with Gasteiger partial charge >= 0.3 is 0 Å².